The lowest BCUT2D eigenvalue weighted by molar-refractivity contribution is -0.165. The minimum absolute atomic E-state index is 0.0000158. The Kier molecular flexibility index (Phi) is 6.35. The number of nitrogens with zero attached hydrogens (tertiary/aromatic N) is 3. The molecule has 38 heavy (non-hydrogen) atoms. The first-order chi connectivity index (χ1) is 18.4. The number of carbonyl (C=O) groups excluding carboxylic acids is 1. The molecule has 3 aliphatic heterocycles. The molecule has 4 aliphatic rings. The van der Waals surface area contributed by atoms with E-state index >= 15 is 0 Å². The Hall–Kier alpha value is -3.44. The minimum atomic E-state index is -2.64. The summed E-state index contributed by atoms with van der Waals surface area (Å²) in [7, 11) is 1.50. The van der Waals surface area contributed by atoms with Gasteiger partial charge < -0.3 is 24.8 Å². The highest BCUT2D eigenvalue weighted by atomic mass is 19.3. The largest absolute Gasteiger partial charge is 0.481 e. The summed E-state index contributed by atoms with van der Waals surface area (Å²) in [5.74, 6) is 1.17. The first-order valence-electron chi connectivity index (χ1n) is 12.8. The van der Waals surface area contributed by atoms with E-state index in [0.29, 0.717) is 60.0 Å². The van der Waals surface area contributed by atoms with Crippen LogP contribution in [-0.4, -0.2) is 52.3 Å². The Labute approximate surface area is 218 Å². The standard InChI is InChI=1S/C27H29F2N5O4/c1-36-22-5-3-19-23(34-22)17(18(13-30-19)24(28)29)6-7-27-10-8-26(9-11-27,15-38-27)31-12-16-2-4-20-25(32-16)33-21(35)14-37-20/h2-5,13,24,31H,6-12,14-15H2,1H3,(H,32,33,35). The van der Waals surface area contributed by atoms with Gasteiger partial charge in [0.1, 0.15) is 0 Å². The zero-order chi connectivity index (χ0) is 26.3. The summed E-state index contributed by atoms with van der Waals surface area (Å²) in [5, 5.41) is 6.38. The topological polar surface area (TPSA) is 107 Å². The molecule has 1 saturated carbocycles. The highest BCUT2D eigenvalue weighted by Crippen LogP contribution is 2.46. The number of pyridine rings is 3. The second-order valence-electron chi connectivity index (χ2n) is 10.3. The molecular formula is C27H29F2N5O4. The number of carbonyl (C=O) groups is 1. The van der Waals surface area contributed by atoms with Gasteiger partial charge in [0, 0.05) is 29.9 Å². The number of methoxy groups -OCH3 is 1. The summed E-state index contributed by atoms with van der Waals surface area (Å²) in [6, 6.07) is 7.13. The molecule has 6 heterocycles. The van der Waals surface area contributed by atoms with Gasteiger partial charge >= 0.3 is 0 Å². The smallest absolute Gasteiger partial charge is 0.265 e. The first-order valence-corrected chi connectivity index (χ1v) is 12.8. The van der Waals surface area contributed by atoms with Crippen LogP contribution in [0.2, 0.25) is 0 Å². The number of aryl methyl sites for hydroxylation is 1. The van der Waals surface area contributed by atoms with Crippen LogP contribution in [0.25, 0.3) is 11.0 Å². The van der Waals surface area contributed by atoms with Crippen LogP contribution in [0.3, 0.4) is 0 Å². The van der Waals surface area contributed by atoms with E-state index in [9.17, 15) is 13.6 Å². The number of hydrogen-bond donors (Lipinski definition) is 2. The van der Waals surface area contributed by atoms with Crippen molar-refractivity contribution in [2.24, 2.45) is 0 Å². The molecule has 0 atom stereocenters. The summed E-state index contributed by atoms with van der Waals surface area (Å²) < 4.78 is 44.9. The fourth-order valence-electron chi connectivity index (χ4n) is 5.73. The van der Waals surface area contributed by atoms with Gasteiger partial charge in [0.25, 0.3) is 12.3 Å². The van der Waals surface area contributed by atoms with Crippen LogP contribution in [0.4, 0.5) is 14.6 Å². The molecule has 1 amide bonds. The Bertz CT molecular complexity index is 1360. The average molecular weight is 526 g/mol. The number of rotatable bonds is 8. The third-order valence-electron chi connectivity index (χ3n) is 8.05. The van der Waals surface area contributed by atoms with Crippen LogP contribution < -0.4 is 20.1 Å². The van der Waals surface area contributed by atoms with Gasteiger partial charge in [-0.05, 0) is 62.3 Å². The Morgan fingerprint density at radius 2 is 2.00 bits per heavy atom. The van der Waals surface area contributed by atoms with Gasteiger partial charge in [0.05, 0.1) is 36.0 Å². The summed E-state index contributed by atoms with van der Waals surface area (Å²) in [6.45, 7) is 1.08. The molecule has 3 fully saturated rings. The number of ether oxygens (including phenoxy) is 3. The summed E-state index contributed by atoms with van der Waals surface area (Å²) in [5.41, 5.74) is 1.75. The van der Waals surface area contributed by atoms with Gasteiger partial charge in [0.15, 0.2) is 18.2 Å². The lowest BCUT2D eigenvalue weighted by Crippen LogP contribution is -2.61. The SMILES string of the molecule is COc1ccc2ncc(C(F)F)c(CCC34CCC(NCc5ccc6c(n5)NC(=O)CO6)(CC3)CO4)c2n1. The molecule has 200 valence electrons. The van der Waals surface area contributed by atoms with Gasteiger partial charge in [-0.15, -0.1) is 0 Å². The van der Waals surface area contributed by atoms with Gasteiger partial charge in [-0.1, -0.05) is 0 Å². The monoisotopic (exact) mass is 525 g/mol. The van der Waals surface area contributed by atoms with Gasteiger partial charge in [-0.2, -0.15) is 0 Å². The lowest BCUT2D eigenvalue weighted by Gasteiger charge is -2.53. The van der Waals surface area contributed by atoms with E-state index in [-0.39, 0.29) is 29.2 Å². The molecule has 2 bridgehead atoms. The second kappa shape index (κ2) is 9.70. The van der Waals surface area contributed by atoms with E-state index in [1.54, 1.807) is 12.1 Å². The van der Waals surface area contributed by atoms with E-state index in [0.717, 1.165) is 31.4 Å². The Balaban J connectivity index is 1.12. The van der Waals surface area contributed by atoms with Crippen molar-refractivity contribution in [3.8, 4) is 11.6 Å². The average Bonchev–Trinajstić information content (AvgIpc) is 2.95. The summed E-state index contributed by atoms with van der Waals surface area (Å²) >= 11 is 0. The zero-order valence-corrected chi connectivity index (χ0v) is 21.1. The van der Waals surface area contributed by atoms with Gasteiger partial charge in [-0.25, -0.2) is 18.7 Å². The second-order valence-corrected chi connectivity index (χ2v) is 10.3. The van der Waals surface area contributed by atoms with E-state index in [4.69, 9.17) is 14.2 Å². The third-order valence-corrected chi connectivity index (χ3v) is 8.05. The van der Waals surface area contributed by atoms with Crippen LogP contribution >= 0.6 is 0 Å². The molecule has 2 saturated heterocycles. The van der Waals surface area contributed by atoms with Crippen molar-refractivity contribution in [1.82, 2.24) is 20.3 Å². The highest BCUT2D eigenvalue weighted by molar-refractivity contribution is 5.94. The van der Waals surface area contributed by atoms with E-state index < -0.39 is 6.43 Å². The first kappa shape index (κ1) is 24.9. The number of halogens is 2. The molecule has 1 aliphatic carbocycles. The minimum Gasteiger partial charge on any atom is -0.481 e. The van der Waals surface area contributed by atoms with E-state index in [1.807, 2.05) is 12.1 Å². The third kappa shape index (κ3) is 4.64. The molecule has 0 radical (unpaired) electrons. The molecule has 7 rings (SSSR count). The van der Waals surface area contributed by atoms with Crippen molar-refractivity contribution >= 4 is 22.8 Å². The molecule has 11 heteroatoms. The summed E-state index contributed by atoms with van der Waals surface area (Å²) in [6.07, 6.45) is 3.19. The van der Waals surface area contributed by atoms with Crippen LogP contribution in [0, 0.1) is 0 Å². The number of anilines is 1. The molecule has 2 N–H and O–H groups in total. The quantitative estimate of drug-likeness (QED) is 0.453. The van der Waals surface area contributed by atoms with Crippen LogP contribution in [0.5, 0.6) is 11.6 Å². The summed E-state index contributed by atoms with van der Waals surface area (Å²) in [4.78, 5) is 24.8. The fourth-order valence-corrected chi connectivity index (χ4v) is 5.73. The molecular weight excluding hydrogens is 496 g/mol. The van der Waals surface area contributed by atoms with Crippen molar-refractivity contribution < 1.29 is 27.8 Å². The number of hydrogen-bond acceptors (Lipinski definition) is 8. The fraction of sp³-hybridized carbons (Fsp3) is 0.481. The lowest BCUT2D eigenvalue weighted by atomic mass is 9.69. The number of amides is 1. The molecule has 3 aromatic rings. The highest BCUT2D eigenvalue weighted by Gasteiger charge is 2.49. The molecule has 3 aromatic heterocycles. The van der Waals surface area contributed by atoms with E-state index in [1.165, 1.54) is 13.3 Å². The zero-order valence-electron chi connectivity index (χ0n) is 21.1. The molecule has 9 nitrogen and oxygen atoms in total. The Morgan fingerprint density at radius 1 is 1.16 bits per heavy atom. The predicted octanol–water partition coefficient (Wildman–Crippen LogP) is 4.11. The predicted molar refractivity (Wildman–Crippen MR) is 134 cm³/mol. The van der Waals surface area contributed by atoms with Crippen molar-refractivity contribution in [3.05, 3.63) is 47.3 Å². The number of nitrogens with one attached hydrogen (secondary N) is 2. The molecule has 0 unspecified atom stereocenters. The van der Waals surface area contributed by atoms with Crippen LogP contribution in [-0.2, 0) is 22.5 Å². The molecule has 0 spiro atoms. The normalized spacial score (nSPS) is 24.3. The molecule has 0 aromatic carbocycles. The number of fused-ring (bicyclic) bond motifs is 5. The van der Waals surface area contributed by atoms with E-state index in [2.05, 4.69) is 25.6 Å². The Morgan fingerprint density at radius 3 is 2.74 bits per heavy atom. The van der Waals surface area contributed by atoms with Crippen molar-refractivity contribution in [1.29, 1.82) is 0 Å². The number of alkyl halides is 2. The van der Waals surface area contributed by atoms with Crippen LogP contribution in [0.15, 0.2) is 30.5 Å². The van der Waals surface area contributed by atoms with Crippen molar-refractivity contribution in [2.75, 3.05) is 25.6 Å². The van der Waals surface area contributed by atoms with Gasteiger partial charge in [-0.3, -0.25) is 9.78 Å². The maximum atomic E-state index is 13.9. The van der Waals surface area contributed by atoms with Crippen molar-refractivity contribution in [2.45, 2.75) is 62.6 Å². The number of aromatic nitrogens is 3. The maximum Gasteiger partial charge on any atom is 0.265 e. The van der Waals surface area contributed by atoms with Gasteiger partial charge in [0.2, 0.25) is 5.88 Å². The maximum absolute atomic E-state index is 13.9. The van der Waals surface area contributed by atoms with Crippen LogP contribution in [0.1, 0.15) is 55.4 Å². The van der Waals surface area contributed by atoms with Crippen molar-refractivity contribution in [3.63, 3.8) is 0 Å².